The summed E-state index contributed by atoms with van der Waals surface area (Å²) in [4.78, 5) is 19.4. The van der Waals surface area contributed by atoms with Crippen LogP contribution >= 0.6 is 11.8 Å². The molecule has 2 aromatic heterocycles. The van der Waals surface area contributed by atoms with Crippen molar-refractivity contribution < 1.29 is 14.6 Å². The van der Waals surface area contributed by atoms with E-state index in [-0.39, 0.29) is 5.75 Å². The van der Waals surface area contributed by atoms with E-state index < -0.39 is 5.97 Å². The monoisotopic (exact) mass is 392 g/mol. The van der Waals surface area contributed by atoms with Gasteiger partial charge >= 0.3 is 5.97 Å². The van der Waals surface area contributed by atoms with Gasteiger partial charge < -0.3 is 9.84 Å². The predicted octanol–water partition coefficient (Wildman–Crippen LogP) is 3.78. The first-order valence-corrected chi connectivity index (χ1v) is 9.50. The number of pyridine rings is 1. The fraction of sp³-hybridized carbons (Fsp3) is 0.100. The molecule has 2 N–H and O–H groups in total. The van der Waals surface area contributed by atoms with Gasteiger partial charge in [-0.25, -0.2) is 4.98 Å². The Morgan fingerprint density at radius 1 is 1.14 bits per heavy atom. The highest BCUT2D eigenvalue weighted by Crippen LogP contribution is 2.25. The van der Waals surface area contributed by atoms with E-state index in [0.29, 0.717) is 17.6 Å². The third-order valence-corrected chi connectivity index (χ3v) is 4.80. The summed E-state index contributed by atoms with van der Waals surface area (Å²) in [5, 5.41) is 16.9. The third kappa shape index (κ3) is 4.29. The molecule has 0 saturated heterocycles. The highest BCUT2D eigenvalue weighted by Gasteiger charge is 2.10. The van der Waals surface area contributed by atoms with E-state index in [1.54, 1.807) is 6.20 Å². The number of H-pyrrole nitrogens is 1. The summed E-state index contributed by atoms with van der Waals surface area (Å²) in [6, 6.07) is 17.7. The van der Waals surface area contributed by atoms with Gasteiger partial charge in [0, 0.05) is 23.2 Å². The van der Waals surface area contributed by atoms with E-state index in [2.05, 4.69) is 20.2 Å². The lowest BCUT2D eigenvalue weighted by atomic mass is 10.1. The molecule has 0 atom stereocenters. The Balaban J connectivity index is 1.49. The van der Waals surface area contributed by atoms with Crippen LogP contribution < -0.4 is 4.74 Å². The van der Waals surface area contributed by atoms with Gasteiger partial charge in [-0.2, -0.15) is 0 Å². The van der Waals surface area contributed by atoms with Crippen LogP contribution in [0.3, 0.4) is 0 Å². The van der Waals surface area contributed by atoms with Gasteiger partial charge in [-0.3, -0.25) is 14.9 Å². The fourth-order valence-electron chi connectivity index (χ4n) is 2.63. The lowest BCUT2D eigenvalue weighted by molar-refractivity contribution is -0.133. The Labute approximate surface area is 164 Å². The number of ether oxygens (including phenoxy) is 1. The third-order valence-electron chi connectivity index (χ3n) is 3.97. The number of hydrogen-bond acceptors (Lipinski definition) is 6. The van der Waals surface area contributed by atoms with Crippen LogP contribution in [-0.2, 0) is 11.4 Å². The predicted molar refractivity (Wildman–Crippen MR) is 106 cm³/mol. The molecule has 140 valence electrons. The number of nitrogens with zero attached hydrogens (tertiary/aromatic N) is 3. The number of hydrogen-bond donors (Lipinski definition) is 2. The Kier molecular flexibility index (Phi) is 5.20. The van der Waals surface area contributed by atoms with Crippen LogP contribution in [0.2, 0.25) is 0 Å². The number of benzene rings is 2. The molecule has 28 heavy (non-hydrogen) atoms. The van der Waals surface area contributed by atoms with Crippen LogP contribution in [0.25, 0.3) is 22.3 Å². The first-order valence-electron chi connectivity index (χ1n) is 8.51. The standard InChI is InChI=1S/C20H16N4O3S/c25-18(26)12-28-20-22-19(23-24-20)15-8-14-6-7-16(9-17(14)21-10-15)27-11-13-4-2-1-3-5-13/h1-10H,11-12H2,(H,25,26)(H,22,23,24). The molecule has 0 saturated carbocycles. The first-order chi connectivity index (χ1) is 13.7. The molecule has 2 heterocycles. The van der Waals surface area contributed by atoms with Crippen molar-refractivity contribution >= 4 is 28.6 Å². The number of rotatable bonds is 7. The average molecular weight is 392 g/mol. The molecule has 4 aromatic rings. The van der Waals surface area contributed by atoms with Crippen LogP contribution in [0.1, 0.15) is 5.56 Å². The lowest BCUT2D eigenvalue weighted by Crippen LogP contribution is -1.97. The van der Waals surface area contributed by atoms with E-state index in [4.69, 9.17) is 9.84 Å². The Hall–Kier alpha value is -3.39. The summed E-state index contributed by atoms with van der Waals surface area (Å²) in [6.45, 7) is 0.499. The quantitative estimate of drug-likeness (QED) is 0.462. The zero-order chi connectivity index (χ0) is 19.3. The van der Waals surface area contributed by atoms with Crippen molar-refractivity contribution in [2.75, 3.05) is 5.75 Å². The topological polar surface area (TPSA) is 101 Å². The minimum atomic E-state index is -0.908. The number of carbonyl (C=O) groups is 1. The zero-order valence-corrected chi connectivity index (χ0v) is 15.5. The summed E-state index contributed by atoms with van der Waals surface area (Å²) in [7, 11) is 0. The van der Waals surface area contributed by atoms with Gasteiger partial charge in [-0.15, -0.1) is 5.10 Å². The Morgan fingerprint density at radius 3 is 2.82 bits per heavy atom. The molecule has 0 radical (unpaired) electrons. The van der Waals surface area contributed by atoms with Gasteiger partial charge in [-0.05, 0) is 23.8 Å². The van der Waals surface area contributed by atoms with E-state index >= 15 is 0 Å². The van der Waals surface area contributed by atoms with Crippen LogP contribution in [0.15, 0.2) is 66.0 Å². The van der Waals surface area contributed by atoms with Crippen molar-refractivity contribution in [1.82, 2.24) is 20.2 Å². The van der Waals surface area contributed by atoms with Crippen LogP contribution in [-0.4, -0.2) is 37.0 Å². The molecule has 0 amide bonds. The number of thioether (sulfide) groups is 1. The smallest absolute Gasteiger partial charge is 0.313 e. The summed E-state index contributed by atoms with van der Waals surface area (Å²) < 4.78 is 5.85. The highest BCUT2D eigenvalue weighted by atomic mass is 32.2. The van der Waals surface area contributed by atoms with Crippen molar-refractivity contribution in [3.05, 3.63) is 66.4 Å². The second-order valence-corrected chi connectivity index (χ2v) is 6.94. The maximum absolute atomic E-state index is 10.6. The van der Waals surface area contributed by atoms with Crippen LogP contribution in [0, 0.1) is 0 Å². The summed E-state index contributed by atoms with van der Waals surface area (Å²) in [5.41, 5.74) is 2.70. The molecule has 2 aromatic carbocycles. The number of nitrogens with one attached hydrogen (secondary N) is 1. The molecule has 0 aliphatic carbocycles. The number of aromatic nitrogens is 4. The minimum Gasteiger partial charge on any atom is -0.489 e. The second-order valence-electron chi connectivity index (χ2n) is 6.00. The molecule has 0 unspecified atom stereocenters. The summed E-state index contributed by atoms with van der Waals surface area (Å²) in [6.07, 6.45) is 1.70. The maximum Gasteiger partial charge on any atom is 0.313 e. The number of fused-ring (bicyclic) bond motifs is 1. The molecule has 8 heteroatoms. The Bertz CT molecular complexity index is 1110. The molecule has 0 fully saturated rings. The lowest BCUT2D eigenvalue weighted by Gasteiger charge is -2.07. The van der Waals surface area contributed by atoms with Crippen LogP contribution in [0.5, 0.6) is 5.75 Å². The van der Waals surface area contributed by atoms with Gasteiger partial charge in [-0.1, -0.05) is 42.1 Å². The largest absolute Gasteiger partial charge is 0.489 e. The summed E-state index contributed by atoms with van der Waals surface area (Å²) >= 11 is 1.06. The number of aliphatic carboxylic acids is 1. The van der Waals surface area contributed by atoms with Gasteiger partial charge in [0.15, 0.2) is 5.82 Å². The Morgan fingerprint density at radius 2 is 2.00 bits per heavy atom. The van der Waals surface area contributed by atoms with Crippen molar-refractivity contribution in [2.24, 2.45) is 0 Å². The first kappa shape index (κ1) is 18.0. The maximum atomic E-state index is 10.6. The van der Waals surface area contributed by atoms with Gasteiger partial charge in [0.25, 0.3) is 0 Å². The minimum absolute atomic E-state index is 0.0843. The van der Waals surface area contributed by atoms with Crippen molar-refractivity contribution in [3.8, 4) is 17.1 Å². The van der Waals surface area contributed by atoms with E-state index in [0.717, 1.165) is 39.5 Å². The van der Waals surface area contributed by atoms with Gasteiger partial charge in [0.2, 0.25) is 5.16 Å². The van der Waals surface area contributed by atoms with Crippen LogP contribution in [0.4, 0.5) is 0 Å². The van der Waals surface area contributed by atoms with E-state index in [1.165, 1.54) is 0 Å². The number of carboxylic acid groups (broad SMARTS) is 1. The zero-order valence-electron chi connectivity index (χ0n) is 14.7. The molecule has 0 bridgehead atoms. The summed E-state index contributed by atoms with van der Waals surface area (Å²) in [5.74, 6) is 0.309. The molecular weight excluding hydrogens is 376 g/mol. The molecular formula is C20H16N4O3S. The van der Waals surface area contributed by atoms with Crippen molar-refractivity contribution in [1.29, 1.82) is 0 Å². The highest BCUT2D eigenvalue weighted by molar-refractivity contribution is 7.99. The van der Waals surface area contributed by atoms with E-state index in [1.807, 2.05) is 54.6 Å². The van der Waals surface area contributed by atoms with E-state index in [9.17, 15) is 4.79 Å². The second kappa shape index (κ2) is 8.10. The molecule has 4 rings (SSSR count). The molecule has 0 aliphatic heterocycles. The molecule has 0 aliphatic rings. The van der Waals surface area contributed by atoms with Gasteiger partial charge in [0.05, 0.1) is 11.3 Å². The fourth-order valence-corrected chi connectivity index (χ4v) is 3.15. The average Bonchev–Trinajstić information content (AvgIpc) is 3.20. The van der Waals surface area contributed by atoms with Gasteiger partial charge in [0.1, 0.15) is 12.4 Å². The molecule has 7 nitrogen and oxygen atoms in total. The van der Waals surface area contributed by atoms with Crippen molar-refractivity contribution in [2.45, 2.75) is 11.8 Å². The SMILES string of the molecule is O=C(O)CSc1n[nH]c(-c2cnc3cc(OCc4ccccc4)ccc3c2)n1. The molecule has 0 spiro atoms. The van der Waals surface area contributed by atoms with Crippen molar-refractivity contribution in [3.63, 3.8) is 0 Å². The number of carboxylic acids is 1. The normalized spacial score (nSPS) is 10.9. The number of aromatic amines is 1.